The van der Waals surface area contributed by atoms with Crippen molar-refractivity contribution in [1.29, 1.82) is 0 Å². The first kappa shape index (κ1) is 7.53. The fraction of sp³-hybridized carbons (Fsp3) is 1.00. The second kappa shape index (κ2) is 2.44. The average molecular weight is 157 g/mol. The lowest BCUT2D eigenvalue weighted by molar-refractivity contribution is -0.236. The van der Waals surface area contributed by atoms with Crippen LogP contribution in [0, 0.1) is 0 Å². The summed E-state index contributed by atoms with van der Waals surface area (Å²) in [4.78, 5) is 0. The third-order valence-corrected chi connectivity index (χ3v) is 2.37. The molecule has 0 amide bonds. The summed E-state index contributed by atoms with van der Waals surface area (Å²) in [5.74, 6) is 0. The van der Waals surface area contributed by atoms with Gasteiger partial charge in [-0.1, -0.05) is 0 Å². The topological polar surface area (TPSA) is 38.4 Å². The Balaban J connectivity index is 1.80. The molecule has 1 spiro atoms. The highest BCUT2D eigenvalue weighted by Crippen LogP contribution is 2.49. The molecule has 1 saturated heterocycles. The van der Waals surface area contributed by atoms with Gasteiger partial charge in [0, 0.05) is 6.42 Å². The fourth-order valence-electron chi connectivity index (χ4n) is 1.59. The standard InChI is InChI=1S/C8H13O3/c1-6(9)10-7-2-3-8(11-7)4-5-8/h6-7H,2-5H2,1H3. The molecule has 2 atom stereocenters. The van der Waals surface area contributed by atoms with Gasteiger partial charge in [0.1, 0.15) is 0 Å². The smallest absolute Gasteiger partial charge is 0.191 e. The minimum atomic E-state index is -0.950. The van der Waals surface area contributed by atoms with Crippen molar-refractivity contribution in [2.75, 3.05) is 0 Å². The van der Waals surface area contributed by atoms with Gasteiger partial charge in [0.2, 0.25) is 0 Å². The summed E-state index contributed by atoms with van der Waals surface area (Å²) >= 11 is 0. The average Bonchev–Trinajstić information content (AvgIpc) is 2.51. The zero-order valence-corrected chi connectivity index (χ0v) is 6.71. The van der Waals surface area contributed by atoms with Crippen LogP contribution in [-0.4, -0.2) is 18.2 Å². The number of rotatable bonds is 2. The highest BCUT2D eigenvalue weighted by atomic mass is 16.7. The van der Waals surface area contributed by atoms with Crippen molar-refractivity contribution >= 4 is 0 Å². The Morgan fingerprint density at radius 3 is 2.73 bits per heavy atom. The van der Waals surface area contributed by atoms with Gasteiger partial charge in [-0.15, -0.1) is 0 Å². The summed E-state index contributed by atoms with van der Waals surface area (Å²) in [5, 5.41) is 10.6. The summed E-state index contributed by atoms with van der Waals surface area (Å²) < 4.78 is 10.6. The predicted octanol–water partition coefficient (Wildman–Crippen LogP) is 1.45. The van der Waals surface area contributed by atoms with Crippen molar-refractivity contribution in [3.8, 4) is 0 Å². The van der Waals surface area contributed by atoms with Crippen LogP contribution in [0.1, 0.15) is 32.6 Å². The molecule has 2 fully saturated rings. The molecular formula is C8H13O3. The highest BCUT2D eigenvalue weighted by molar-refractivity contribution is 4.99. The molecule has 2 unspecified atom stereocenters. The molecule has 63 valence electrons. The SMILES string of the molecule is CC([O])OC1CCC2(CC2)O1. The second-order valence-electron chi connectivity index (χ2n) is 3.47. The first-order valence-electron chi connectivity index (χ1n) is 4.19. The van der Waals surface area contributed by atoms with Crippen LogP contribution in [0.25, 0.3) is 0 Å². The maximum Gasteiger partial charge on any atom is 0.191 e. The summed E-state index contributed by atoms with van der Waals surface area (Å²) in [6.45, 7) is 1.50. The molecule has 0 aromatic heterocycles. The molecule has 0 aromatic rings. The lowest BCUT2D eigenvalue weighted by atomic mass is 10.2. The van der Waals surface area contributed by atoms with Gasteiger partial charge < -0.3 is 9.47 Å². The van der Waals surface area contributed by atoms with Crippen molar-refractivity contribution in [2.24, 2.45) is 0 Å². The predicted molar refractivity (Wildman–Crippen MR) is 37.3 cm³/mol. The van der Waals surface area contributed by atoms with Gasteiger partial charge in [-0.2, -0.15) is 0 Å². The van der Waals surface area contributed by atoms with Crippen molar-refractivity contribution < 1.29 is 14.6 Å². The van der Waals surface area contributed by atoms with Crippen molar-refractivity contribution in [1.82, 2.24) is 0 Å². The molecule has 1 radical (unpaired) electrons. The largest absolute Gasteiger partial charge is 0.346 e. The molecule has 1 aliphatic carbocycles. The molecule has 1 aliphatic heterocycles. The minimum Gasteiger partial charge on any atom is -0.346 e. The summed E-state index contributed by atoms with van der Waals surface area (Å²) in [6.07, 6.45) is 3.11. The molecular weight excluding hydrogens is 144 g/mol. The molecule has 0 bridgehead atoms. The number of ether oxygens (including phenoxy) is 2. The molecule has 3 nitrogen and oxygen atoms in total. The Morgan fingerprint density at radius 2 is 2.27 bits per heavy atom. The normalized spacial score (nSPS) is 36.0. The zero-order chi connectivity index (χ0) is 7.90. The number of hydrogen-bond acceptors (Lipinski definition) is 2. The maximum atomic E-state index is 10.6. The monoisotopic (exact) mass is 157 g/mol. The maximum absolute atomic E-state index is 10.6. The Kier molecular flexibility index (Phi) is 1.67. The van der Waals surface area contributed by atoms with Crippen molar-refractivity contribution in [3.63, 3.8) is 0 Å². The van der Waals surface area contributed by atoms with Gasteiger partial charge in [0.15, 0.2) is 12.6 Å². The Bertz CT molecular complexity index is 151. The van der Waals surface area contributed by atoms with Crippen LogP contribution in [0.2, 0.25) is 0 Å². The van der Waals surface area contributed by atoms with Gasteiger partial charge in [-0.05, 0) is 26.2 Å². The molecule has 1 saturated carbocycles. The van der Waals surface area contributed by atoms with Gasteiger partial charge in [-0.3, -0.25) is 0 Å². The van der Waals surface area contributed by atoms with Gasteiger partial charge in [0.25, 0.3) is 0 Å². The van der Waals surface area contributed by atoms with Crippen LogP contribution in [0.4, 0.5) is 0 Å². The van der Waals surface area contributed by atoms with Gasteiger partial charge in [0.05, 0.1) is 5.60 Å². The molecule has 0 N–H and O–H groups in total. The second-order valence-corrected chi connectivity index (χ2v) is 3.47. The Morgan fingerprint density at radius 1 is 1.55 bits per heavy atom. The molecule has 2 rings (SSSR count). The van der Waals surface area contributed by atoms with Crippen LogP contribution in [-0.2, 0) is 14.6 Å². The van der Waals surface area contributed by atoms with E-state index < -0.39 is 6.29 Å². The Hall–Kier alpha value is -0.120. The highest BCUT2D eigenvalue weighted by Gasteiger charge is 2.50. The van der Waals surface area contributed by atoms with E-state index in [0.29, 0.717) is 0 Å². The van der Waals surface area contributed by atoms with Gasteiger partial charge in [-0.25, -0.2) is 5.11 Å². The molecule has 2 aliphatic rings. The van der Waals surface area contributed by atoms with Crippen LogP contribution >= 0.6 is 0 Å². The summed E-state index contributed by atoms with van der Waals surface area (Å²) in [6, 6.07) is 0. The van der Waals surface area contributed by atoms with E-state index in [-0.39, 0.29) is 11.9 Å². The fourth-order valence-corrected chi connectivity index (χ4v) is 1.59. The van der Waals surface area contributed by atoms with E-state index in [1.54, 1.807) is 0 Å². The van der Waals surface area contributed by atoms with Crippen LogP contribution in [0.3, 0.4) is 0 Å². The van der Waals surface area contributed by atoms with Crippen molar-refractivity contribution in [3.05, 3.63) is 0 Å². The van der Waals surface area contributed by atoms with E-state index in [4.69, 9.17) is 9.47 Å². The van der Waals surface area contributed by atoms with Gasteiger partial charge >= 0.3 is 0 Å². The number of hydrogen-bond donors (Lipinski definition) is 0. The Labute approximate surface area is 66.3 Å². The van der Waals surface area contributed by atoms with E-state index in [1.807, 2.05) is 0 Å². The van der Waals surface area contributed by atoms with Crippen LogP contribution < -0.4 is 0 Å². The summed E-state index contributed by atoms with van der Waals surface area (Å²) in [5.41, 5.74) is 0.138. The summed E-state index contributed by atoms with van der Waals surface area (Å²) in [7, 11) is 0. The quantitative estimate of drug-likeness (QED) is 0.569. The van der Waals surface area contributed by atoms with Crippen molar-refractivity contribution in [2.45, 2.75) is 50.8 Å². The van der Waals surface area contributed by atoms with E-state index in [0.717, 1.165) is 25.7 Å². The lowest BCUT2D eigenvalue weighted by Gasteiger charge is -2.13. The van der Waals surface area contributed by atoms with E-state index in [2.05, 4.69) is 0 Å². The molecule has 11 heavy (non-hydrogen) atoms. The third-order valence-electron chi connectivity index (χ3n) is 2.37. The van der Waals surface area contributed by atoms with E-state index >= 15 is 0 Å². The third kappa shape index (κ3) is 1.55. The molecule has 0 aromatic carbocycles. The molecule has 1 heterocycles. The first-order valence-corrected chi connectivity index (χ1v) is 4.19. The first-order chi connectivity index (χ1) is 5.20. The van der Waals surface area contributed by atoms with Crippen LogP contribution in [0.5, 0.6) is 0 Å². The molecule has 3 heteroatoms. The minimum absolute atomic E-state index is 0.138. The van der Waals surface area contributed by atoms with Crippen LogP contribution in [0.15, 0.2) is 0 Å². The zero-order valence-electron chi connectivity index (χ0n) is 6.71. The van der Waals surface area contributed by atoms with E-state index in [9.17, 15) is 5.11 Å². The van der Waals surface area contributed by atoms with E-state index in [1.165, 1.54) is 6.92 Å². The lowest BCUT2D eigenvalue weighted by Crippen LogP contribution is -2.19.